The summed E-state index contributed by atoms with van der Waals surface area (Å²) < 4.78 is 2.14. The number of nitrogens with one attached hydrogen (secondary N) is 1. The molecule has 1 aromatic heterocycles. The summed E-state index contributed by atoms with van der Waals surface area (Å²) in [6.07, 6.45) is 4.33. The zero-order valence-electron chi connectivity index (χ0n) is 14.0. The predicted octanol–water partition coefficient (Wildman–Crippen LogP) is 5.10. The first-order valence-corrected chi connectivity index (χ1v) is 8.51. The van der Waals surface area contributed by atoms with Crippen LogP contribution in [0.15, 0.2) is 48.7 Å². The van der Waals surface area contributed by atoms with E-state index in [0.29, 0.717) is 17.1 Å². The van der Waals surface area contributed by atoms with Gasteiger partial charge in [-0.25, -0.2) is 0 Å². The molecule has 1 amide bonds. The van der Waals surface area contributed by atoms with E-state index in [1.807, 2.05) is 31.2 Å². The Bertz CT molecular complexity index is 882. The molecule has 0 aliphatic heterocycles. The second kappa shape index (κ2) is 7.10. The summed E-state index contributed by atoms with van der Waals surface area (Å²) in [5, 5.41) is 4.74. The molecule has 0 aliphatic carbocycles. The van der Waals surface area contributed by atoms with Crippen molar-refractivity contribution in [2.24, 2.45) is 7.05 Å². The van der Waals surface area contributed by atoms with E-state index in [0.717, 1.165) is 18.4 Å². The number of benzene rings is 2. The number of carbonyl (C=O) groups excluding carboxylic acids is 1. The van der Waals surface area contributed by atoms with Gasteiger partial charge in [0.15, 0.2) is 0 Å². The Hall–Kier alpha value is -2.26. The van der Waals surface area contributed by atoms with E-state index >= 15 is 0 Å². The number of anilines is 1. The lowest BCUT2D eigenvalue weighted by atomic mass is 10.1. The van der Waals surface area contributed by atoms with Crippen LogP contribution < -0.4 is 5.32 Å². The number of fused-ring (bicyclic) bond motifs is 1. The summed E-state index contributed by atoms with van der Waals surface area (Å²) in [5.74, 6) is 0.000916. The van der Waals surface area contributed by atoms with Crippen LogP contribution in [0.25, 0.3) is 10.9 Å². The minimum atomic E-state index is 0.000916. The van der Waals surface area contributed by atoms with E-state index in [1.54, 1.807) is 0 Å². The molecule has 0 saturated carbocycles. The number of amides is 1. The summed E-state index contributed by atoms with van der Waals surface area (Å²) >= 11 is 6.15. The minimum absolute atomic E-state index is 0.000916. The van der Waals surface area contributed by atoms with Crippen molar-refractivity contribution in [3.8, 4) is 0 Å². The van der Waals surface area contributed by atoms with Gasteiger partial charge in [-0.3, -0.25) is 4.79 Å². The van der Waals surface area contributed by atoms with Crippen LogP contribution in [0.4, 0.5) is 5.69 Å². The van der Waals surface area contributed by atoms with E-state index in [1.165, 1.54) is 16.5 Å². The topological polar surface area (TPSA) is 34.0 Å². The third-order valence-electron chi connectivity index (χ3n) is 4.23. The highest BCUT2D eigenvalue weighted by atomic mass is 35.5. The molecular formula is C20H21ClN2O. The number of aromatic nitrogens is 1. The number of nitrogens with zero attached hydrogens (tertiary/aromatic N) is 1. The first-order valence-electron chi connectivity index (χ1n) is 8.13. The Morgan fingerprint density at radius 3 is 2.79 bits per heavy atom. The fraction of sp³-hybridized carbons (Fsp3) is 0.250. The number of hydrogen-bond acceptors (Lipinski definition) is 1. The van der Waals surface area contributed by atoms with Crippen molar-refractivity contribution < 1.29 is 4.79 Å². The maximum absolute atomic E-state index is 12.1. The summed E-state index contributed by atoms with van der Waals surface area (Å²) in [4.78, 5) is 12.1. The van der Waals surface area contributed by atoms with E-state index in [-0.39, 0.29) is 5.91 Å². The minimum Gasteiger partial charge on any atom is -0.350 e. The standard InChI is InChI=1S/C20H21ClN2O/c1-14-10-11-18(17(21)12-14)22-20(24)9-5-6-15-13-23(2)19-8-4-3-7-16(15)19/h3-4,7-8,10-13H,5-6,9H2,1-2H3,(H,22,24). The molecule has 124 valence electrons. The summed E-state index contributed by atoms with van der Waals surface area (Å²) in [6.45, 7) is 1.97. The normalized spacial score (nSPS) is 11.0. The molecule has 0 saturated heterocycles. The zero-order valence-corrected chi connectivity index (χ0v) is 14.7. The van der Waals surface area contributed by atoms with Gasteiger partial charge in [0.2, 0.25) is 5.91 Å². The average Bonchev–Trinajstić information content (AvgIpc) is 2.87. The van der Waals surface area contributed by atoms with Gasteiger partial charge in [-0.15, -0.1) is 0 Å². The van der Waals surface area contributed by atoms with Crippen LogP contribution in [0.2, 0.25) is 5.02 Å². The lowest BCUT2D eigenvalue weighted by Gasteiger charge is -2.07. The first kappa shape index (κ1) is 16.6. The maximum Gasteiger partial charge on any atom is 0.224 e. The molecule has 0 aliphatic rings. The smallest absolute Gasteiger partial charge is 0.224 e. The van der Waals surface area contributed by atoms with Gasteiger partial charge in [-0.05, 0) is 49.1 Å². The Morgan fingerprint density at radius 2 is 2.00 bits per heavy atom. The second-order valence-corrected chi connectivity index (χ2v) is 6.57. The third kappa shape index (κ3) is 3.62. The molecule has 1 N–H and O–H groups in total. The number of rotatable bonds is 5. The van der Waals surface area contributed by atoms with Crippen molar-refractivity contribution in [2.45, 2.75) is 26.2 Å². The highest BCUT2D eigenvalue weighted by Crippen LogP contribution is 2.24. The summed E-state index contributed by atoms with van der Waals surface area (Å²) in [5.41, 5.74) is 4.27. The Kier molecular flexibility index (Phi) is 4.91. The van der Waals surface area contributed by atoms with E-state index in [2.05, 4.69) is 41.3 Å². The van der Waals surface area contributed by atoms with Crippen LogP contribution >= 0.6 is 11.6 Å². The lowest BCUT2D eigenvalue weighted by Crippen LogP contribution is -2.11. The van der Waals surface area contributed by atoms with Crippen LogP contribution in [0.5, 0.6) is 0 Å². The monoisotopic (exact) mass is 340 g/mol. The molecule has 4 heteroatoms. The molecule has 3 rings (SSSR count). The lowest BCUT2D eigenvalue weighted by molar-refractivity contribution is -0.116. The second-order valence-electron chi connectivity index (χ2n) is 6.17. The maximum atomic E-state index is 12.1. The van der Waals surface area contributed by atoms with Gasteiger partial charge in [-0.2, -0.15) is 0 Å². The summed E-state index contributed by atoms with van der Waals surface area (Å²) in [6, 6.07) is 14.0. The van der Waals surface area contributed by atoms with Crippen LogP contribution in [0.1, 0.15) is 24.0 Å². The number of aryl methyl sites for hydroxylation is 3. The molecule has 3 nitrogen and oxygen atoms in total. The molecular weight excluding hydrogens is 320 g/mol. The Morgan fingerprint density at radius 1 is 1.21 bits per heavy atom. The fourth-order valence-electron chi connectivity index (χ4n) is 3.00. The molecule has 0 radical (unpaired) electrons. The van der Waals surface area contributed by atoms with E-state index in [9.17, 15) is 4.79 Å². The SMILES string of the molecule is Cc1ccc(NC(=O)CCCc2cn(C)c3ccccc23)c(Cl)c1. The molecule has 0 unspecified atom stereocenters. The number of para-hydroxylation sites is 1. The van der Waals surface area contributed by atoms with E-state index < -0.39 is 0 Å². The van der Waals surface area contributed by atoms with Crippen molar-refractivity contribution in [2.75, 3.05) is 5.32 Å². The predicted molar refractivity (Wildman–Crippen MR) is 101 cm³/mol. The van der Waals surface area contributed by atoms with Gasteiger partial charge in [0, 0.05) is 30.6 Å². The highest BCUT2D eigenvalue weighted by molar-refractivity contribution is 6.33. The number of carbonyl (C=O) groups is 1. The molecule has 0 atom stereocenters. The van der Waals surface area contributed by atoms with Gasteiger partial charge in [0.1, 0.15) is 0 Å². The van der Waals surface area contributed by atoms with Gasteiger partial charge in [-0.1, -0.05) is 35.9 Å². The number of halogens is 1. The zero-order chi connectivity index (χ0) is 17.1. The van der Waals surface area contributed by atoms with Gasteiger partial charge >= 0.3 is 0 Å². The van der Waals surface area contributed by atoms with Gasteiger partial charge in [0.05, 0.1) is 10.7 Å². The van der Waals surface area contributed by atoms with E-state index in [4.69, 9.17) is 11.6 Å². The Labute approximate surface area is 147 Å². The molecule has 0 fully saturated rings. The first-order chi connectivity index (χ1) is 11.5. The molecule has 3 aromatic rings. The van der Waals surface area contributed by atoms with Crippen LogP contribution in [0.3, 0.4) is 0 Å². The number of hydrogen-bond donors (Lipinski definition) is 1. The van der Waals surface area contributed by atoms with Gasteiger partial charge in [0.25, 0.3) is 0 Å². The van der Waals surface area contributed by atoms with Crippen molar-refractivity contribution in [1.82, 2.24) is 4.57 Å². The molecule has 24 heavy (non-hydrogen) atoms. The highest BCUT2D eigenvalue weighted by Gasteiger charge is 2.09. The van der Waals surface area contributed by atoms with Gasteiger partial charge < -0.3 is 9.88 Å². The van der Waals surface area contributed by atoms with Crippen molar-refractivity contribution in [1.29, 1.82) is 0 Å². The average molecular weight is 341 g/mol. The molecule has 0 bridgehead atoms. The van der Waals surface area contributed by atoms with Crippen LogP contribution in [-0.2, 0) is 18.3 Å². The van der Waals surface area contributed by atoms with Crippen molar-refractivity contribution >= 4 is 34.1 Å². The summed E-state index contributed by atoms with van der Waals surface area (Å²) in [7, 11) is 2.05. The molecule has 2 aromatic carbocycles. The molecule has 0 spiro atoms. The van der Waals surface area contributed by atoms with Crippen molar-refractivity contribution in [3.63, 3.8) is 0 Å². The largest absolute Gasteiger partial charge is 0.350 e. The van der Waals surface area contributed by atoms with Crippen LogP contribution in [0, 0.1) is 6.92 Å². The fourth-order valence-corrected chi connectivity index (χ4v) is 3.28. The van der Waals surface area contributed by atoms with Crippen molar-refractivity contribution in [3.05, 3.63) is 64.8 Å². The Balaban J connectivity index is 1.58. The third-order valence-corrected chi connectivity index (χ3v) is 4.54. The van der Waals surface area contributed by atoms with Crippen LogP contribution in [-0.4, -0.2) is 10.5 Å². The quantitative estimate of drug-likeness (QED) is 0.688. The molecule has 1 heterocycles.